The van der Waals surface area contributed by atoms with Crippen molar-refractivity contribution in [2.75, 3.05) is 0 Å². The highest BCUT2D eigenvalue weighted by atomic mass is 32.1. The fourth-order valence-corrected chi connectivity index (χ4v) is 6.12. The Balaban J connectivity index is 1.79. The summed E-state index contributed by atoms with van der Waals surface area (Å²) in [6, 6.07) is 13.4. The van der Waals surface area contributed by atoms with E-state index < -0.39 is 4.92 Å². The van der Waals surface area contributed by atoms with Crippen LogP contribution in [0, 0.1) is 10.1 Å². The van der Waals surface area contributed by atoms with Gasteiger partial charge < -0.3 is 0 Å². The second-order valence-electron chi connectivity index (χ2n) is 8.22. The molecule has 0 atom stereocenters. The molecule has 0 unspecified atom stereocenters. The molecule has 162 valence electrons. The number of thiophene rings is 1. The average molecular weight is 455 g/mol. The zero-order valence-electron chi connectivity index (χ0n) is 17.4. The van der Waals surface area contributed by atoms with Gasteiger partial charge >= 0.3 is 0 Å². The number of rotatable bonds is 2. The van der Waals surface area contributed by atoms with Gasteiger partial charge in [0.05, 0.1) is 10.3 Å². The van der Waals surface area contributed by atoms with Crippen molar-refractivity contribution >= 4 is 49.7 Å². The standard InChI is InChI=1S/C25H17N3O4S/c29-23-21-18-7-3-4-8-20(18)33-25(21)27-22(26-23)19(16-5-1-2-6-17(16)24(27)30)13-14-9-11-15(12-10-14)28(31)32/h1-2,5-6,9-13H,3-4,7-8H2. The van der Waals surface area contributed by atoms with Gasteiger partial charge in [-0.2, -0.15) is 4.98 Å². The number of nitro groups is 1. The molecule has 33 heavy (non-hydrogen) atoms. The van der Waals surface area contributed by atoms with E-state index in [1.54, 1.807) is 22.6 Å². The fourth-order valence-electron chi connectivity index (χ4n) is 4.74. The Morgan fingerprint density at radius 1 is 1.00 bits per heavy atom. The van der Waals surface area contributed by atoms with E-state index in [0.29, 0.717) is 37.4 Å². The maximum Gasteiger partial charge on any atom is 0.282 e. The molecule has 0 bridgehead atoms. The maximum atomic E-state index is 13.6. The quantitative estimate of drug-likeness (QED) is 0.230. The van der Waals surface area contributed by atoms with E-state index in [0.717, 1.165) is 31.2 Å². The average Bonchev–Trinajstić information content (AvgIpc) is 3.22. The summed E-state index contributed by atoms with van der Waals surface area (Å²) >= 11 is 1.52. The minimum atomic E-state index is -0.447. The summed E-state index contributed by atoms with van der Waals surface area (Å²) in [6.45, 7) is 0. The first-order valence-corrected chi connectivity index (χ1v) is 11.5. The third-order valence-electron chi connectivity index (χ3n) is 6.30. The van der Waals surface area contributed by atoms with Crippen LogP contribution in [0.5, 0.6) is 0 Å². The summed E-state index contributed by atoms with van der Waals surface area (Å²) in [5.41, 5.74) is 1.56. The van der Waals surface area contributed by atoms with Crippen molar-refractivity contribution in [1.29, 1.82) is 0 Å². The van der Waals surface area contributed by atoms with Crippen LogP contribution in [0.25, 0.3) is 32.7 Å². The Bertz CT molecular complexity index is 1790. The molecule has 0 aliphatic heterocycles. The van der Waals surface area contributed by atoms with Crippen molar-refractivity contribution in [2.45, 2.75) is 25.7 Å². The molecule has 2 aromatic carbocycles. The van der Waals surface area contributed by atoms with Gasteiger partial charge in [-0.25, -0.2) is 4.40 Å². The van der Waals surface area contributed by atoms with Gasteiger partial charge in [-0.1, -0.05) is 18.2 Å². The van der Waals surface area contributed by atoms with Crippen molar-refractivity contribution in [1.82, 2.24) is 9.38 Å². The van der Waals surface area contributed by atoms with Gasteiger partial charge in [0.15, 0.2) is 5.65 Å². The summed E-state index contributed by atoms with van der Waals surface area (Å²) in [5, 5.41) is 13.5. The highest BCUT2D eigenvalue weighted by Gasteiger charge is 2.22. The summed E-state index contributed by atoms with van der Waals surface area (Å²) in [4.78, 5) is 43.6. The predicted molar refractivity (Wildman–Crippen MR) is 129 cm³/mol. The van der Waals surface area contributed by atoms with Crippen molar-refractivity contribution in [3.05, 3.63) is 101 Å². The summed E-state index contributed by atoms with van der Waals surface area (Å²) in [5.74, 6) is 0. The van der Waals surface area contributed by atoms with Crippen LogP contribution in [-0.2, 0) is 12.8 Å². The molecule has 0 N–H and O–H groups in total. The zero-order chi connectivity index (χ0) is 22.7. The van der Waals surface area contributed by atoms with Gasteiger partial charge in [-0.15, -0.1) is 11.3 Å². The van der Waals surface area contributed by atoms with Gasteiger partial charge in [0.25, 0.3) is 16.8 Å². The first-order valence-electron chi connectivity index (χ1n) is 10.7. The summed E-state index contributed by atoms with van der Waals surface area (Å²) in [7, 11) is 0. The van der Waals surface area contributed by atoms with E-state index in [4.69, 9.17) is 0 Å². The van der Waals surface area contributed by atoms with Gasteiger partial charge in [-0.3, -0.25) is 19.7 Å². The second kappa shape index (κ2) is 7.31. The lowest BCUT2D eigenvalue weighted by molar-refractivity contribution is -0.384. The topological polar surface area (TPSA) is 94.6 Å². The number of aromatic nitrogens is 2. The Hall–Kier alpha value is -3.91. The van der Waals surface area contributed by atoms with E-state index in [1.165, 1.54) is 28.3 Å². The molecule has 0 radical (unpaired) electrons. The van der Waals surface area contributed by atoms with Gasteiger partial charge in [0.1, 0.15) is 4.83 Å². The van der Waals surface area contributed by atoms with Crippen molar-refractivity contribution < 1.29 is 4.92 Å². The molecule has 6 rings (SSSR count). The summed E-state index contributed by atoms with van der Waals surface area (Å²) in [6.07, 6.45) is 5.69. The third kappa shape index (κ3) is 2.98. The molecule has 7 nitrogen and oxygen atoms in total. The normalized spacial score (nSPS) is 14.2. The largest absolute Gasteiger partial charge is 0.282 e. The van der Waals surface area contributed by atoms with Crippen LogP contribution in [0.15, 0.2) is 58.1 Å². The van der Waals surface area contributed by atoms with Crippen LogP contribution in [0.3, 0.4) is 0 Å². The molecular formula is C25H17N3O4S. The number of nitrogens with zero attached hydrogens (tertiary/aromatic N) is 3. The number of hydrogen-bond donors (Lipinski definition) is 0. The first-order chi connectivity index (χ1) is 16.0. The molecule has 0 fully saturated rings. The fraction of sp³-hybridized carbons (Fsp3) is 0.160. The monoisotopic (exact) mass is 455 g/mol. The Morgan fingerprint density at radius 2 is 1.73 bits per heavy atom. The van der Waals surface area contributed by atoms with Gasteiger partial charge in [0, 0.05) is 27.6 Å². The second-order valence-corrected chi connectivity index (χ2v) is 9.31. The zero-order valence-corrected chi connectivity index (χ0v) is 18.2. The van der Waals surface area contributed by atoms with Crippen molar-refractivity contribution in [2.24, 2.45) is 0 Å². The Morgan fingerprint density at radius 3 is 2.48 bits per heavy atom. The molecule has 1 aliphatic carbocycles. The predicted octanol–water partition coefficient (Wildman–Crippen LogP) is 3.76. The van der Waals surface area contributed by atoms with E-state index in [2.05, 4.69) is 4.98 Å². The lowest BCUT2D eigenvalue weighted by Crippen LogP contribution is -2.27. The number of benzene rings is 2. The van der Waals surface area contributed by atoms with Crippen LogP contribution >= 0.6 is 11.3 Å². The van der Waals surface area contributed by atoms with Crippen LogP contribution in [-0.4, -0.2) is 14.3 Å². The molecule has 3 aromatic heterocycles. The molecule has 0 amide bonds. The number of nitro benzene ring substituents is 1. The van der Waals surface area contributed by atoms with E-state index >= 15 is 0 Å². The number of hydrogen-bond acceptors (Lipinski definition) is 6. The Kier molecular flexibility index (Phi) is 4.38. The van der Waals surface area contributed by atoms with E-state index in [1.807, 2.05) is 24.3 Å². The van der Waals surface area contributed by atoms with Gasteiger partial charge in [0.2, 0.25) is 0 Å². The molecular weight excluding hydrogens is 438 g/mol. The van der Waals surface area contributed by atoms with Crippen molar-refractivity contribution in [3.63, 3.8) is 0 Å². The van der Waals surface area contributed by atoms with Crippen LogP contribution in [0.4, 0.5) is 5.69 Å². The summed E-state index contributed by atoms with van der Waals surface area (Å²) < 4.78 is 1.58. The highest BCUT2D eigenvalue weighted by Crippen LogP contribution is 2.34. The van der Waals surface area contributed by atoms with Gasteiger partial charge in [-0.05, 0) is 66.5 Å². The van der Waals surface area contributed by atoms with E-state index in [-0.39, 0.29) is 16.8 Å². The first kappa shape index (κ1) is 19.8. The molecule has 1 aliphatic rings. The van der Waals surface area contributed by atoms with E-state index in [9.17, 15) is 19.7 Å². The smallest absolute Gasteiger partial charge is 0.268 e. The SMILES string of the molecule is O=c1nc2c(=Cc3ccc([N+](=O)[O-])cc3)c3ccccc3c(=O)n2c2sc3c(c12)CCCC3. The number of aryl methyl sites for hydroxylation is 2. The molecule has 5 aromatic rings. The highest BCUT2D eigenvalue weighted by molar-refractivity contribution is 7.18. The Labute approximate surface area is 190 Å². The maximum absolute atomic E-state index is 13.6. The molecule has 8 heteroatoms. The minimum absolute atomic E-state index is 0.00279. The van der Waals surface area contributed by atoms with Crippen LogP contribution in [0.2, 0.25) is 0 Å². The lowest BCUT2D eigenvalue weighted by atomic mass is 9.97. The number of pyridine rings is 1. The van der Waals surface area contributed by atoms with Crippen LogP contribution < -0.4 is 16.3 Å². The molecule has 0 saturated heterocycles. The lowest BCUT2D eigenvalue weighted by Gasteiger charge is -2.09. The molecule has 0 spiro atoms. The number of fused-ring (bicyclic) bond motifs is 6. The minimum Gasteiger partial charge on any atom is -0.268 e. The molecule has 3 heterocycles. The third-order valence-corrected chi connectivity index (χ3v) is 7.57. The van der Waals surface area contributed by atoms with Crippen LogP contribution in [0.1, 0.15) is 28.8 Å². The number of non-ortho nitro benzene ring substituents is 1. The molecule has 0 saturated carbocycles. The van der Waals surface area contributed by atoms with Crippen molar-refractivity contribution in [3.8, 4) is 0 Å².